The van der Waals surface area contributed by atoms with Crippen molar-refractivity contribution in [2.24, 2.45) is 0 Å². The summed E-state index contributed by atoms with van der Waals surface area (Å²) < 4.78 is 15.4. The van der Waals surface area contributed by atoms with E-state index in [2.05, 4.69) is 4.74 Å². The highest BCUT2D eigenvalue weighted by molar-refractivity contribution is 5.87. The number of aliphatic hydroxyl groups excluding tert-OH is 1. The lowest BCUT2D eigenvalue weighted by Crippen LogP contribution is -2.30. The van der Waals surface area contributed by atoms with Crippen LogP contribution >= 0.6 is 0 Å². The first-order valence-corrected chi connectivity index (χ1v) is 6.83. The van der Waals surface area contributed by atoms with E-state index in [0.717, 1.165) is 13.4 Å². The molecule has 0 fully saturated rings. The molecule has 7 nitrogen and oxygen atoms in total. The van der Waals surface area contributed by atoms with Gasteiger partial charge in [-0.2, -0.15) is 0 Å². The van der Waals surface area contributed by atoms with Crippen LogP contribution in [-0.4, -0.2) is 29.4 Å². The molecule has 0 amide bonds. The number of esters is 1. The molecule has 23 heavy (non-hydrogen) atoms. The van der Waals surface area contributed by atoms with E-state index in [-0.39, 0.29) is 28.2 Å². The number of aryl methyl sites for hydroxylation is 1. The largest absolute Gasteiger partial charge is 0.507 e. The SMILES string of the molecule is COC(=O)[C@@H]1c2c(oc3cc(C)cc(O)c3c2=O)OC=C[C@@H]1O. The van der Waals surface area contributed by atoms with Gasteiger partial charge in [0.1, 0.15) is 22.6 Å². The fourth-order valence-electron chi connectivity index (χ4n) is 2.63. The summed E-state index contributed by atoms with van der Waals surface area (Å²) in [5, 5.41) is 20.1. The van der Waals surface area contributed by atoms with Crippen LogP contribution in [0, 0.1) is 6.92 Å². The molecule has 0 saturated carbocycles. The molecule has 1 aromatic carbocycles. The molecule has 0 bridgehead atoms. The molecule has 2 heterocycles. The van der Waals surface area contributed by atoms with Crippen LogP contribution in [-0.2, 0) is 9.53 Å². The quantitative estimate of drug-likeness (QED) is 0.764. The number of carbonyl (C=O) groups is 1. The number of phenolic OH excluding ortho intramolecular Hbond substituents is 1. The maximum atomic E-state index is 12.8. The molecule has 0 radical (unpaired) electrons. The van der Waals surface area contributed by atoms with Gasteiger partial charge >= 0.3 is 5.97 Å². The first-order chi connectivity index (χ1) is 10.9. The Bertz CT molecular complexity index is 878. The Hall–Kier alpha value is -2.80. The number of rotatable bonds is 1. The maximum absolute atomic E-state index is 12.8. The summed E-state index contributed by atoms with van der Waals surface area (Å²) in [5.74, 6) is -2.61. The summed E-state index contributed by atoms with van der Waals surface area (Å²) in [6.45, 7) is 1.73. The zero-order chi connectivity index (χ0) is 16.7. The van der Waals surface area contributed by atoms with Crippen LogP contribution in [0.1, 0.15) is 17.0 Å². The van der Waals surface area contributed by atoms with Gasteiger partial charge in [-0.1, -0.05) is 0 Å². The fourth-order valence-corrected chi connectivity index (χ4v) is 2.63. The minimum atomic E-state index is -1.32. The first kappa shape index (κ1) is 15.1. The van der Waals surface area contributed by atoms with Gasteiger partial charge in [0.25, 0.3) is 5.95 Å². The first-order valence-electron chi connectivity index (χ1n) is 6.83. The average molecular weight is 318 g/mol. The summed E-state index contributed by atoms with van der Waals surface area (Å²) in [6.07, 6.45) is 1.03. The number of phenols is 1. The van der Waals surface area contributed by atoms with Crippen molar-refractivity contribution in [1.82, 2.24) is 0 Å². The Morgan fingerprint density at radius 2 is 2.09 bits per heavy atom. The molecule has 0 spiro atoms. The number of aromatic hydroxyl groups is 1. The van der Waals surface area contributed by atoms with E-state index >= 15 is 0 Å². The molecule has 2 aromatic rings. The second-order valence-electron chi connectivity index (χ2n) is 5.23. The van der Waals surface area contributed by atoms with Gasteiger partial charge in [0.05, 0.1) is 25.0 Å². The Kier molecular flexibility index (Phi) is 3.57. The van der Waals surface area contributed by atoms with Gasteiger partial charge in [0.2, 0.25) is 5.43 Å². The van der Waals surface area contributed by atoms with Crippen LogP contribution in [0.2, 0.25) is 0 Å². The molecule has 120 valence electrons. The lowest BCUT2D eigenvalue weighted by Gasteiger charge is -2.17. The molecule has 2 atom stereocenters. The zero-order valence-corrected chi connectivity index (χ0v) is 12.4. The van der Waals surface area contributed by atoms with E-state index in [1.807, 2.05) is 0 Å². The highest BCUT2D eigenvalue weighted by Gasteiger charge is 2.37. The molecule has 0 aliphatic carbocycles. The standard InChI is InChI=1S/C16H14O7/c1-7-5-9(18)11-10(6-7)23-16-13(14(11)19)12(15(20)21-2)8(17)3-4-22-16/h3-6,8,12,17-18H,1-2H3/t8-,12-/m0/s1. The van der Waals surface area contributed by atoms with Crippen molar-refractivity contribution in [2.75, 3.05) is 7.11 Å². The van der Waals surface area contributed by atoms with Gasteiger partial charge < -0.3 is 24.1 Å². The van der Waals surface area contributed by atoms with E-state index in [0.29, 0.717) is 5.56 Å². The zero-order valence-electron chi connectivity index (χ0n) is 12.4. The molecular weight excluding hydrogens is 304 g/mol. The summed E-state index contributed by atoms with van der Waals surface area (Å²) in [4.78, 5) is 24.8. The highest BCUT2D eigenvalue weighted by atomic mass is 16.6. The van der Waals surface area contributed by atoms with Gasteiger partial charge in [-0.05, 0) is 30.7 Å². The van der Waals surface area contributed by atoms with Crippen molar-refractivity contribution in [2.45, 2.75) is 18.9 Å². The molecule has 1 aliphatic rings. The number of methoxy groups -OCH3 is 1. The van der Waals surface area contributed by atoms with E-state index in [1.165, 1.54) is 12.1 Å². The van der Waals surface area contributed by atoms with E-state index in [4.69, 9.17) is 9.15 Å². The van der Waals surface area contributed by atoms with Crippen LogP contribution in [0.4, 0.5) is 0 Å². The van der Waals surface area contributed by atoms with Gasteiger partial charge in [0, 0.05) is 0 Å². The lowest BCUT2D eigenvalue weighted by molar-refractivity contribution is -0.144. The second-order valence-corrected chi connectivity index (χ2v) is 5.23. The van der Waals surface area contributed by atoms with Crippen molar-refractivity contribution in [1.29, 1.82) is 0 Å². The number of benzene rings is 1. The summed E-state index contributed by atoms with van der Waals surface area (Å²) in [6, 6.07) is 2.98. The smallest absolute Gasteiger partial charge is 0.316 e. The molecule has 0 unspecified atom stereocenters. The molecule has 7 heteroatoms. The van der Waals surface area contributed by atoms with Crippen molar-refractivity contribution in [3.8, 4) is 11.7 Å². The fraction of sp³-hybridized carbons (Fsp3) is 0.250. The van der Waals surface area contributed by atoms with E-state index in [9.17, 15) is 19.8 Å². The molecule has 2 N–H and O–H groups in total. The third-order valence-corrected chi connectivity index (χ3v) is 3.68. The van der Waals surface area contributed by atoms with E-state index in [1.54, 1.807) is 13.0 Å². The minimum absolute atomic E-state index is 0.0825. The minimum Gasteiger partial charge on any atom is -0.507 e. The second kappa shape index (κ2) is 5.44. The Morgan fingerprint density at radius 1 is 1.35 bits per heavy atom. The van der Waals surface area contributed by atoms with Crippen molar-refractivity contribution < 1.29 is 28.9 Å². The van der Waals surface area contributed by atoms with Crippen molar-refractivity contribution in [3.05, 3.63) is 45.8 Å². The van der Waals surface area contributed by atoms with E-state index < -0.39 is 23.4 Å². The lowest BCUT2D eigenvalue weighted by atomic mass is 9.93. The maximum Gasteiger partial charge on any atom is 0.316 e. The highest BCUT2D eigenvalue weighted by Crippen LogP contribution is 2.35. The van der Waals surface area contributed by atoms with Gasteiger partial charge in [0.15, 0.2) is 0 Å². The number of hydrogen-bond acceptors (Lipinski definition) is 7. The van der Waals surface area contributed by atoms with Crippen LogP contribution < -0.4 is 10.2 Å². The number of hydrogen-bond donors (Lipinski definition) is 2. The van der Waals surface area contributed by atoms with Gasteiger partial charge in [-0.15, -0.1) is 0 Å². The summed E-state index contributed by atoms with van der Waals surface area (Å²) in [7, 11) is 1.15. The molecule has 1 aliphatic heterocycles. The monoisotopic (exact) mass is 318 g/mol. The topological polar surface area (TPSA) is 106 Å². The predicted octanol–water partition coefficient (Wildman–Crippen LogP) is 1.33. The van der Waals surface area contributed by atoms with Crippen LogP contribution in [0.15, 0.2) is 33.7 Å². The van der Waals surface area contributed by atoms with Gasteiger partial charge in [-0.3, -0.25) is 9.59 Å². The summed E-state index contributed by atoms with van der Waals surface area (Å²) in [5.41, 5.74) is -0.0376. The number of ether oxygens (including phenoxy) is 2. The Morgan fingerprint density at radius 3 is 2.78 bits per heavy atom. The van der Waals surface area contributed by atoms with Crippen molar-refractivity contribution in [3.63, 3.8) is 0 Å². The Labute approximate surface area is 130 Å². The third-order valence-electron chi connectivity index (χ3n) is 3.68. The van der Waals surface area contributed by atoms with Crippen LogP contribution in [0.5, 0.6) is 11.7 Å². The summed E-state index contributed by atoms with van der Waals surface area (Å²) >= 11 is 0. The molecule has 0 saturated heterocycles. The number of aliphatic hydroxyl groups is 1. The predicted molar refractivity (Wildman–Crippen MR) is 79.4 cm³/mol. The normalized spacial score (nSPS) is 19.8. The van der Waals surface area contributed by atoms with Gasteiger partial charge in [-0.25, -0.2) is 0 Å². The third kappa shape index (κ3) is 2.35. The number of fused-ring (bicyclic) bond motifs is 2. The average Bonchev–Trinajstić information content (AvgIpc) is 2.64. The Balaban J connectivity index is 2.39. The van der Waals surface area contributed by atoms with Crippen LogP contribution in [0.3, 0.4) is 0 Å². The number of carbonyl (C=O) groups excluding carboxylic acids is 1. The molecular formula is C16H14O7. The molecule has 3 rings (SSSR count). The van der Waals surface area contributed by atoms with Crippen LogP contribution in [0.25, 0.3) is 11.0 Å². The molecule has 1 aromatic heterocycles. The van der Waals surface area contributed by atoms with Crippen molar-refractivity contribution >= 4 is 16.9 Å².